The molecule has 2 aliphatic rings. The predicted octanol–water partition coefficient (Wildman–Crippen LogP) is 3.48. The van der Waals surface area contributed by atoms with Crippen LogP contribution in [0, 0.1) is 6.92 Å². The molecule has 20 heavy (non-hydrogen) atoms. The SMILES string of the molecule is CCc1cc(C2OC2C(=O)OC2CCCC2)ccc1C. The Hall–Kier alpha value is -1.35. The molecule has 0 radical (unpaired) electrons. The van der Waals surface area contributed by atoms with Crippen LogP contribution in [0.5, 0.6) is 0 Å². The Labute approximate surface area is 120 Å². The molecule has 0 aromatic heterocycles. The molecule has 1 saturated carbocycles. The lowest BCUT2D eigenvalue weighted by Crippen LogP contribution is -2.19. The van der Waals surface area contributed by atoms with Gasteiger partial charge in [0.05, 0.1) is 0 Å². The predicted molar refractivity (Wildman–Crippen MR) is 76.5 cm³/mol. The number of hydrogen-bond acceptors (Lipinski definition) is 3. The van der Waals surface area contributed by atoms with E-state index in [-0.39, 0.29) is 24.3 Å². The Balaban J connectivity index is 1.61. The number of carbonyl (C=O) groups is 1. The maximum atomic E-state index is 12.0. The summed E-state index contributed by atoms with van der Waals surface area (Å²) in [6.45, 7) is 4.26. The van der Waals surface area contributed by atoms with E-state index in [2.05, 4.69) is 32.0 Å². The quantitative estimate of drug-likeness (QED) is 0.623. The van der Waals surface area contributed by atoms with E-state index < -0.39 is 0 Å². The highest BCUT2D eigenvalue weighted by molar-refractivity contribution is 5.78. The molecule has 2 atom stereocenters. The van der Waals surface area contributed by atoms with Crippen LogP contribution in [0.15, 0.2) is 18.2 Å². The normalized spacial score (nSPS) is 25.7. The van der Waals surface area contributed by atoms with Gasteiger partial charge in [-0.1, -0.05) is 25.1 Å². The average Bonchev–Trinajstić information content (AvgIpc) is 3.10. The first-order valence-corrected chi connectivity index (χ1v) is 7.64. The molecular weight excluding hydrogens is 252 g/mol. The van der Waals surface area contributed by atoms with E-state index in [1.165, 1.54) is 24.0 Å². The van der Waals surface area contributed by atoms with Crippen molar-refractivity contribution in [2.75, 3.05) is 0 Å². The molecule has 108 valence electrons. The van der Waals surface area contributed by atoms with Crippen molar-refractivity contribution in [3.8, 4) is 0 Å². The molecular formula is C17H22O3. The number of epoxide rings is 1. The average molecular weight is 274 g/mol. The van der Waals surface area contributed by atoms with Gasteiger partial charge in [-0.15, -0.1) is 0 Å². The zero-order valence-corrected chi connectivity index (χ0v) is 12.2. The van der Waals surface area contributed by atoms with Gasteiger partial charge >= 0.3 is 5.97 Å². The molecule has 3 rings (SSSR count). The van der Waals surface area contributed by atoms with E-state index in [0.717, 1.165) is 24.8 Å². The summed E-state index contributed by atoms with van der Waals surface area (Å²) >= 11 is 0. The smallest absolute Gasteiger partial charge is 0.338 e. The van der Waals surface area contributed by atoms with Crippen molar-refractivity contribution in [1.82, 2.24) is 0 Å². The highest BCUT2D eigenvalue weighted by Gasteiger charge is 2.48. The van der Waals surface area contributed by atoms with Crippen LogP contribution in [0.25, 0.3) is 0 Å². The van der Waals surface area contributed by atoms with Crippen molar-refractivity contribution in [3.05, 3.63) is 34.9 Å². The van der Waals surface area contributed by atoms with Crippen molar-refractivity contribution < 1.29 is 14.3 Å². The lowest BCUT2D eigenvalue weighted by atomic mass is 10.0. The van der Waals surface area contributed by atoms with Crippen molar-refractivity contribution >= 4 is 5.97 Å². The third kappa shape index (κ3) is 2.73. The summed E-state index contributed by atoms with van der Waals surface area (Å²) < 4.78 is 11.0. The van der Waals surface area contributed by atoms with Gasteiger partial charge < -0.3 is 9.47 Å². The lowest BCUT2D eigenvalue weighted by molar-refractivity contribution is -0.150. The van der Waals surface area contributed by atoms with Crippen molar-refractivity contribution in [2.45, 2.75) is 64.3 Å². The van der Waals surface area contributed by atoms with Crippen LogP contribution in [-0.2, 0) is 20.7 Å². The first kappa shape index (κ1) is 13.6. The van der Waals surface area contributed by atoms with Crippen LogP contribution in [0.4, 0.5) is 0 Å². The zero-order valence-electron chi connectivity index (χ0n) is 12.2. The number of esters is 1. The van der Waals surface area contributed by atoms with E-state index in [4.69, 9.17) is 9.47 Å². The monoisotopic (exact) mass is 274 g/mol. The van der Waals surface area contributed by atoms with Crippen molar-refractivity contribution in [1.29, 1.82) is 0 Å². The summed E-state index contributed by atoms with van der Waals surface area (Å²) in [7, 11) is 0. The van der Waals surface area contributed by atoms with Gasteiger partial charge in [0.15, 0.2) is 6.10 Å². The topological polar surface area (TPSA) is 38.8 Å². The number of hydrogen-bond donors (Lipinski definition) is 0. The van der Waals surface area contributed by atoms with Gasteiger partial charge in [0, 0.05) is 0 Å². The second-order valence-corrected chi connectivity index (χ2v) is 5.86. The van der Waals surface area contributed by atoms with Gasteiger partial charge in [-0.05, 0) is 55.7 Å². The summed E-state index contributed by atoms with van der Waals surface area (Å²) in [6, 6.07) is 6.32. The molecule has 1 aromatic rings. The minimum absolute atomic E-state index is 0.102. The summed E-state index contributed by atoms with van der Waals surface area (Å²) in [5.41, 5.74) is 3.71. The molecule has 1 aromatic carbocycles. The molecule has 2 unspecified atom stereocenters. The number of aryl methyl sites for hydroxylation is 2. The van der Waals surface area contributed by atoms with Gasteiger partial charge in [-0.3, -0.25) is 0 Å². The first-order valence-electron chi connectivity index (χ1n) is 7.64. The Morgan fingerprint density at radius 3 is 2.80 bits per heavy atom. The molecule has 0 spiro atoms. The fraction of sp³-hybridized carbons (Fsp3) is 0.588. The molecule has 0 N–H and O–H groups in total. The van der Waals surface area contributed by atoms with Gasteiger partial charge in [0.25, 0.3) is 0 Å². The molecule has 3 heteroatoms. The maximum Gasteiger partial charge on any atom is 0.338 e. The minimum Gasteiger partial charge on any atom is -0.460 e. The number of carbonyl (C=O) groups excluding carboxylic acids is 1. The first-order chi connectivity index (χ1) is 9.69. The van der Waals surface area contributed by atoms with E-state index in [0.29, 0.717) is 0 Å². The molecule has 0 amide bonds. The highest BCUT2D eigenvalue weighted by Crippen LogP contribution is 2.40. The van der Waals surface area contributed by atoms with Crippen molar-refractivity contribution in [2.24, 2.45) is 0 Å². The van der Waals surface area contributed by atoms with Crippen LogP contribution in [0.2, 0.25) is 0 Å². The summed E-state index contributed by atoms with van der Waals surface area (Å²) in [5, 5.41) is 0. The molecule has 1 saturated heterocycles. The van der Waals surface area contributed by atoms with Crippen LogP contribution in [0.1, 0.15) is 55.4 Å². The summed E-state index contributed by atoms with van der Waals surface area (Å²) in [5.74, 6) is -0.180. The van der Waals surface area contributed by atoms with Gasteiger partial charge in [0.1, 0.15) is 12.2 Å². The Kier molecular flexibility index (Phi) is 3.79. The van der Waals surface area contributed by atoms with Gasteiger partial charge in [-0.25, -0.2) is 4.79 Å². The fourth-order valence-corrected chi connectivity index (χ4v) is 3.03. The number of ether oxygens (including phenoxy) is 2. The molecule has 3 nitrogen and oxygen atoms in total. The third-order valence-corrected chi connectivity index (χ3v) is 4.39. The minimum atomic E-state index is -0.386. The van der Waals surface area contributed by atoms with Crippen LogP contribution < -0.4 is 0 Å². The van der Waals surface area contributed by atoms with Crippen LogP contribution in [0.3, 0.4) is 0 Å². The van der Waals surface area contributed by atoms with Gasteiger partial charge in [0.2, 0.25) is 0 Å². The largest absolute Gasteiger partial charge is 0.460 e. The number of rotatable bonds is 4. The Bertz CT molecular complexity index is 503. The van der Waals surface area contributed by atoms with Crippen LogP contribution in [-0.4, -0.2) is 18.2 Å². The second kappa shape index (κ2) is 5.57. The Morgan fingerprint density at radius 2 is 2.10 bits per heavy atom. The van der Waals surface area contributed by atoms with Gasteiger partial charge in [-0.2, -0.15) is 0 Å². The summed E-state index contributed by atoms with van der Waals surface area (Å²) in [6.07, 6.45) is 5.00. The molecule has 0 bridgehead atoms. The van der Waals surface area contributed by atoms with E-state index in [1.807, 2.05) is 0 Å². The lowest BCUT2D eigenvalue weighted by Gasteiger charge is -2.09. The fourth-order valence-electron chi connectivity index (χ4n) is 3.03. The molecule has 1 aliphatic heterocycles. The summed E-state index contributed by atoms with van der Waals surface area (Å²) in [4.78, 5) is 12.0. The van der Waals surface area contributed by atoms with E-state index in [1.54, 1.807) is 0 Å². The highest BCUT2D eigenvalue weighted by atomic mass is 16.6. The molecule has 2 fully saturated rings. The molecule has 1 heterocycles. The zero-order chi connectivity index (χ0) is 14.1. The van der Waals surface area contributed by atoms with Crippen molar-refractivity contribution in [3.63, 3.8) is 0 Å². The molecule has 1 aliphatic carbocycles. The standard InChI is InChI=1S/C17H22O3/c1-3-12-10-13(9-8-11(12)2)15-16(20-15)17(18)19-14-6-4-5-7-14/h8-10,14-16H,3-7H2,1-2H3. The van der Waals surface area contributed by atoms with Crippen LogP contribution >= 0.6 is 0 Å². The van der Waals surface area contributed by atoms with E-state index >= 15 is 0 Å². The number of benzene rings is 1. The second-order valence-electron chi connectivity index (χ2n) is 5.86. The Morgan fingerprint density at radius 1 is 1.35 bits per heavy atom. The third-order valence-electron chi connectivity index (χ3n) is 4.39. The van der Waals surface area contributed by atoms with E-state index in [9.17, 15) is 4.79 Å². The maximum absolute atomic E-state index is 12.0.